The smallest absolute Gasteiger partial charge is 0.328 e. The number of hydrogen-bond acceptors (Lipinski definition) is 3. The molecule has 0 atom stereocenters. The van der Waals surface area contributed by atoms with Crippen molar-refractivity contribution in [1.82, 2.24) is 9.55 Å². The second-order valence-electron chi connectivity index (χ2n) is 3.56. The highest BCUT2D eigenvalue weighted by atomic mass is 79.9. The van der Waals surface area contributed by atoms with Crippen LogP contribution in [0.2, 0.25) is 0 Å². The van der Waals surface area contributed by atoms with E-state index in [1.54, 1.807) is 0 Å². The first-order valence-electron chi connectivity index (χ1n) is 5.34. The summed E-state index contributed by atoms with van der Waals surface area (Å²) >= 11 is 3.07. The van der Waals surface area contributed by atoms with E-state index in [1.165, 1.54) is 6.20 Å². The molecule has 0 aliphatic rings. The first-order valence-corrected chi connectivity index (χ1v) is 6.13. The summed E-state index contributed by atoms with van der Waals surface area (Å²) in [6, 6.07) is 9.22. The van der Waals surface area contributed by atoms with E-state index in [1.807, 2.05) is 30.3 Å². The summed E-state index contributed by atoms with van der Waals surface area (Å²) in [5.74, 6) is 0.706. The van der Waals surface area contributed by atoms with Crippen molar-refractivity contribution in [2.24, 2.45) is 0 Å². The van der Waals surface area contributed by atoms with Gasteiger partial charge in [-0.1, -0.05) is 18.2 Å². The summed E-state index contributed by atoms with van der Waals surface area (Å²) in [6.07, 6.45) is 1.33. The molecule has 0 fully saturated rings. The van der Waals surface area contributed by atoms with Crippen molar-refractivity contribution in [2.45, 2.75) is 6.54 Å². The van der Waals surface area contributed by atoms with E-state index in [0.29, 0.717) is 10.2 Å². The number of H-pyrrole nitrogens is 1. The minimum absolute atomic E-state index is 0.197. The number of hydrogen-bond donors (Lipinski definition) is 1. The van der Waals surface area contributed by atoms with Crippen LogP contribution in [0, 0.1) is 0 Å². The molecule has 1 aromatic carbocycles. The number of nitrogens with one attached hydrogen (secondary N) is 1. The lowest BCUT2D eigenvalue weighted by Crippen LogP contribution is -2.36. The summed E-state index contributed by atoms with van der Waals surface area (Å²) in [5.41, 5.74) is -0.810. The van der Waals surface area contributed by atoms with Crippen molar-refractivity contribution in [3.63, 3.8) is 0 Å². The number of aromatic nitrogens is 2. The Morgan fingerprint density at radius 3 is 2.67 bits per heavy atom. The maximum Gasteiger partial charge on any atom is 0.328 e. The SMILES string of the molecule is O=c1[nH]cc(Br)c(=O)n1CCOc1ccccc1. The standard InChI is InChI=1S/C12H11BrN2O3/c13-10-8-14-12(17)15(11(10)16)6-7-18-9-4-2-1-3-5-9/h1-5,8H,6-7H2,(H,14,17). The van der Waals surface area contributed by atoms with Gasteiger partial charge in [0.1, 0.15) is 12.4 Å². The molecule has 6 heteroatoms. The molecule has 2 aromatic rings. The zero-order valence-corrected chi connectivity index (χ0v) is 11.0. The number of benzene rings is 1. The van der Waals surface area contributed by atoms with Crippen LogP contribution in [0.1, 0.15) is 0 Å². The quantitative estimate of drug-likeness (QED) is 0.928. The highest BCUT2D eigenvalue weighted by Crippen LogP contribution is 2.07. The highest BCUT2D eigenvalue weighted by molar-refractivity contribution is 9.10. The number of nitrogens with zero attached hydrogens (tertiary/aromatic N) is 1. The number of rotatable bonds is 4. The molecule has 1 N–H and O–H groups in total. The second-order valence-corrected chi connectivity index (χ2v) is 4.41. The van der Waals surface area contributed by atoms with Crippen LogP contribution in [0.5, 0.6) is 5.75 Å². The Hall–Kier alpha value is -1.82. The third-order valence-corrected chi connectivity index (χ3v) is 2.91. The Morgan fingerprint density at radius 1 is 1.22 bits per heavy atom. The van der Waals surface area contributed by atoms with Gasteiger partial charge in [0.05, 0.1) is 11.0 Å². The van der Waals surface area contributed by atoms with Gasteiger partial charge in [-0.15, -0.1) is 0 Å². The molecule has 0 spiro atoms. The zero-order chi connectivity index (χ0) is 13.0. The Labute approximate surface area is 111 Å². The molecule has 18 heavy (non-hydrogen) atoms. The van der Waals surface area contributed by atoms with Gasteiger partial charge in [0.25, 0.3) is 5.56 Å². The van der Waals surface area contributed by atoms with Crippen molar-refractivity contribution in [1.29, 1.82) is 0 Å². The molecule has 0 unspecified atom stereocenters. The zero-order valence-electron chi connectivity index (χ0n) is 9.43. The average molecular weight is 311 g/mol. The molecule has 0 saturated carbocycles. The predicted molar refractivity (Wildman–Crippen MR) is 71.0 cm³/mol. The monoisotopic (exact) mass is 310 g/mol. The van der Waals surface area contributed by atoms with Crippen LogP contribution in [0.25, 0.3) is 0 Å². The summed E-state index contributed by atoms with van der Waals surface area (Å²) < 4.78 is 6.84. The Balaban J connectivity index is 2.06. The minimum atomic E-state index is -0.445. The number of halogens is 1. The van der Waals surface area contributed by atoms with E-state index in [4.69, 9.17) is 4.74 Å². The van der Waals surface area contributed by atoms with Crippen molar-refractivity contribution in [3.05, 3.63) is 61.8 Å². The summed E-state index contributed by atoms with van der Waals surface area (Å²) in [4.78, 5) is 25.6. The first kappa shape index (κ1) is 12.6. The van der Waals surface area contributed by atoms with Gasteiger partial charge in [0, 0.05) is 6.20 Å². The largest absolute Gasteiger partial charge is 0.492 e. The lowest BCUT2D eigenvalue weighted by Gasteiger charge is -2.07. The van der Waals surface area contributed by atoms with Gasteiger partial charge in [0.15, 0.2) is 0 Å². The molecular weight excluding hydrogens is 300 g/mol. The molecule has 0 radical (unpaired) electrons. The summed E-state index contributed by atoms with van der Waals surface area (Å²) in [6.45, 7) is 0.450. The third-order valence-electron chi connectivity index (χ3n) is 2.34. The van der Waals surface area contributed by atoms with Gasteiger partial charge in [-0.3, -0.25) is 9.36 Å². The van der Waals surface area contributed by atoms with Gasteiger partial charge < -0.3 is 9.72 Å². The average Bonchev–Trinajstić information content (AvgIpc) is 2.39. The van der Waals surface area contributed by atoms with E-state index < -0.39 is 5.69 Å². The van der Waals surface area contributed by atoms with Gasteiger partial charge in [-0.2, -0.15) is 0 Å². The van der Waals surface area contributed by atoms with Crippen LogP contribution in [0.3, 0.4) is 0 Å². The Kier molecular flexibility index (Phi) is 3.99. The molecule has 1 heterocycles. The maximum atomic E-state index is 11.7. The highest BCUT2D eigenvalue weighted by Gasteiger charge is 2.04. The lowest BCUT2D eigenvalue weighted by atomic mass is 10.3. The Bertz CT molecular complexity index is 634. The topological polar surface area (TPSA) is 64.1 Å². The summed E-state index contributed by atoms with van der Waals surface area (Å²) in [7, 11) is 0. The molecule has 2 rings (SSSR count). The lowest BCUT2D eigenvalue weighted by molar-refractivity contribution is 0.293. The normalized spacial score (nSPS) is 10.3. The fourth-order valence-electron chi connectivity index (χ4n) is 1.46. The number of aromatic amines is 1. The number of ether oxygens (including phenoxy) is 1. The molecule has 5 nitrogen and oxygen atoms in total. The molecule has 0 aliphatic carbocycles. The van der Waals surface area contributed by atoms with Crippen LogP contribution in [-0.4, -0.2) is 16.2 Å². The van der Waals surface area contributed by atoms with E-state index in [2.05, 4.69) is 20.9 Å². The fourth-order valence-corrected chi connectivity index (χ4v) is 1.79. The third kappa shape index (κ3) is 2.89. The van der Waals surface area contributed by atoms with Crippen molar-refractivity contribution < 1.29 is 4.74 Å². The number of para-hydroxylation sites is 1. The molecule has 0 amide bonds. The van der Waals surface area contributed by atoms with Crippen LogP contribution in [0.4, 0.5) is 0 Å². The molecule has 1 aromatic heterocycles. The Morgan fingerprint density at radius 2 is 1.94 bits per heavy atom. The predicted octanol–water partition coefficient (Wildman–Crippen LogP) is 1.38. The molecule has 0 bridgehead atoms. The van der Waals surface area contributed by atoms with Crippen molar-refractivity contribution >= 4 is 15.9 Å². The second kappa shape index (κ2) is 5.68. The van der Waals surface area contributed by atoms with Gasteiger partial charge >= 0.3 is 5.69 Å². The maximum absolute atomic E-state index is 11.7. The van der Waals surface area contributed by atoms with Crippen molar-refractivity contribution in [3.8, 4) is 5.75 Å². The van der Waals surface area contributed by atoms with Crippen molar-refractivity contribution in [2.75, 3.05) is 6.61 Å². The molecule has 0 aliphatic heterocycles. The molecular formula is C12H11BrN2O3. The van der Waals surface area contributed by atoms with E-state index in [9.17, 15) is 9.59 Å². The van der Waals surface area contributed by atoms with Gasteiger partial charge in [-0.25, -0.2) is 4.79 Å². The summed E-state index contributed by atoms with van der Waals surface area (Å²) in [5, 5.41) is 0. The van der Waals surface area contributed by atoms with E-state index in [-0.39, 0.29) is 18.7 Å². The van der Waals surface area contributed by atoms with Crippen LogP contribution >= 0.6 is 15.9 Å². The fraction of sp³-hybridized carbons (Fsp3) is 0.167. The van der Waals surface area contributed by atoms with E-state index in [0.717, 1.165) is 4.57 Å². The van der Waals surface area contributed by atoms with Gasteiger partial charge in [-0.05, 0) is 28.1 Å². The first-order chi connectivity index (χ1) is 8.68. The molecule has 0 saturated heterocycles. The van der Waals surface area contributed by atoms with Crippen LogP contribution in [-0.2, 0) is 6.54 Å². The van der Waals surface area contributed by atoms with E-state index >= 15 is 0 Å². The minimum Gasteiger partial charge on any atom is -0.492 e. The van der Waals surface area contributed by atoms with Crippen LogP contribution in [0.15, 0.2) is 50.6 Å². The molecule has 94 valence electrons. The van der Waals surface area contributed by atoms with Gasteiger partial charge in [0.2, 0.25) is 0 Å². The van der Waals surface area contributed by atoms with Crippen LogP contribution < -0.4 is 16.0 Å².